The lowest BCUT2D eigenvalue weighted by molar-refractivity contribution is -0.161. The molecule has 0 aromatic carbocycles. The van der Waals surface area contributed by atoms with Crippen molar-refractivity contribution in [1.29, 1.82) is 5.26 Å². The first-order valence-corrected chi connectivity index (χ1v) is 14.9. The van der Waals surface area contributed by atoms with Crippen LogP contribution in [0.5, 0.6) is 0 Å². The van der Waals surface area contributed by atoms with Crippen LogP contribution in [0.1, 0.15) is 70.6 Å². The lowest BCUT2D eigenvalue weighted by atomic mass is 9.82. The molecule has 0 radical (unpaired) electrons. The maximum atomic E-state index is 11.3. The molecule has 9 heteroatoms. The number of aliphatic carboxylic acids is 1. The standard InChI is InChI=1S/C32H45N5O4/c1-22-18-34-26(16-24-8-10-25(11-9-24)36-23(2)19-41-31(3,4)30(38)39)17-27(22)28-6-5-7-29(37-28)35-21-32(20-33)12-14-40-15-13-32/h5-7,17-18,23-25,36H,8-16,19,21H2,1-4H3,(H,35,37)(H,38,39)/t23-,24?,25?/m0/s1. The fourth-order valence-electron chi connectivity index (χ4n) is 5.66. The molecule has 1 atom stereocenters. The molecule has 222 valence electrons. The summed E-state index contributed by atoms with van der Waals surface area (Å²) in [5, 5.41) is 26.1. The van der Waals surface area contributed by atoms with Crippen LogP contribution < -0.4 is 10.6 Å². The Morgan fingerprint density at radius 2 is 2.00 bits per heavy atom. The van der Waals surface area contributed by atoms with E-state index in [4.69, 9.17) is 19.4 Å². The van der Waals surface area contributed by atoms with Gasteiger partial charge in [-0.15, -0.1) is 0 Å². The number of aryl methyl sites for hydroxylation is 1. The van der Waals surface area contributed by atoms with Gasteiger partial charge < -0.3 is 25.2 Å². The summed E-state index contributed by atoms with van der Waals surface area (Å²) in [6, 6.07) is 11.2. The van der Waals surface area contributed by atoms with Gasteiger partial charge in [0, 0.05) is 49.3 Å². The summed E-state index contributed by atoms with van der Waals surface area (Å²) in [5.74, 6) is 0.409. The van der Waals surface area contributed by atoms with Crippen molar-refractivity contribution in [3.05, 3.63) is 41.7 Å². The minimum absolute atomic E-state index is 0.0939. The van der Waals surface area contributed by atoms with E-state index in [1.54, 1.807) is 13.8 Å². The van der Waals surface area contributed by atoms with Crippen LogP contribution in [-0.2, 0) is 20.7 Å². The Hall–Kier alpha value is -3.06. The van der Waals surface area contributed by atoms with E-state index in [1.165, 1.54) is 0 Å². The number of ether oxygens (including phenoxy) is 2. The lowest BCUT2D eigenvalue weighted by Crippen LogP contribution is -2.44. The number of aromatic nitrogens is 2. The minimum Gasteiger partial charge on any atom is -0.479 e. The Bertz CT molecular complexity index is 1210. The second-order valence-electron chi connectivity index (χ2n) is 12.4. The first kappa shape index (κ1) is 30.9. The normalized spacial score (nSPS) is 21.5. The predicted octanol–water partition coefficient (Wildman–Crippen LogP) is 5.14. The molecule has 4 rings (SSSR count). The summed E-state index contributed by atoms with van der Waals surface area (Å²) in [4.78, 5) is 20.9. The Morgan fingerprint density at radius 1 is 1.27 bits per heavy atom. The van der Waals surface area contributed by atoms with Gasteiger partial charge in [0.05, 0.1) is 23.8 Å². The monoisotopic (exact) mass is 563 g/mol. The average Bonchev–Trinajstić information content (AvgIpc) is 2.97. The van der Waals surface area contributed by atoms with Gasteiger partial charge in [0.25, 0.3) is 0 Å². The van der Waals surface area contributed by atoms with Crippen molar-refractivity contribution in [3.63, 3.8) is 0 Å². The molecule has 0 spiro atoms. The van der Waals surface area contributed by atoms with Gasteiger partial charge in [-0.25, -0.2) is 9.78 Å². The molecule has 2 aromatic rings. The van der Waals surface area contributed by atoms with E-state index < -0.39 is 17.0 Å². The molecule has 2 aromatic heterocycles. The lowest BCUT2D eigenvalue weighted by Gasteiger charge is -2.32. The number of nitrogens with zero attached hydrogens (tertiary/aromatic N) is 3. The molecule has 2 fully saturated rings. The molecule has 3 heterocycles. The molecule has 0 unspecified atom stereocenters. The molecule has 1 saturated carbocycles. The van der Waals surface area contributed by atoms with Crippen LogP contribution in [0.15, 0.2) is 30.5 Å². The fourth-order valence-corrected chi connectivity index (χ4v) is 5.66. The number of nitrogens with one attached hydrogen (secondary N) is 2. The highest BCUT2D eigenvalue weighted by atomic mass is 16.5. The van der Waals surface area contributed by atoms with E-state index in [1.807, 2.05) is 31.3 Å². The summed E-state index contributed by atoms with van der Waals surface area (Å²) in [6.45, 7) is 9.47. The third-order valence-electron chi connectivity index (χ3n) is 8.55. The largest absolute Gasteiger partial charge is 0.479 e. The second kappa shape index (κ2) is 13.7. The first-order chi connectivity index (χ1) is 19.6. The van der Waals surface area contributed by atoms with Crippen molar-refractivity contribution in [2.75, 3.05) is 31.7 Å². The number of carbonyl (C=O) groups is 1. The van der Waals surface area contributed by atoms with Crippen molar-refractivity contribution in [1.82, 2.24) is 15.3 Å². The van der Waals surface area contributed by atoms with Gasteiger partial charge in [-0.3, -0.25) is 4.98 Å². The Balaban J connectivity index is 1.30. The Kier molecular flexibility index (Phi) is 10.3. The van der Waals surface area contributed by atoms with E-state index in [0.717, 1.165) is 73.3 Å². The molecule has 3 N–H and O–H groups in total. The number of anilines is 1. The molecular weight excluding hydrogens is 518 g/mol. The minimum atomic E-state index is -1.17. The second-order valence-corrected chi connectivity index (χ2v) is 12.4. The summed E-state index contributed by atoms with van der Waals surface area (Å²) in [7, 11) is 0. The van der Waals surface area contributed by atoms with Crippen LogP contribution in [0.2, 0.25) is 0 Å². The molecule has 1 aliphatic heterocycles. The SMILES string of the molecule is Cc1cnc(CC2CCC(N[C@@H](C)COC(C)(C)C(=O)O)CC2)cc1-c1cccc(NCC2(C#N)CCOCC2)n1. The number of pyridine rings is 2. The maximum Gasteiger partial charge on any atom is 0.335 e. The van der Waals surface area contributed by atoms with Crippen molar-refractivity contribution in [3.8, 4) is 17.3 Å². The highest BCUT2D eigenvalue weighted by Crippen LogP contribution is 2.31. The van der Waals surface area contributed by atoms with Crippen molar-refractivity contribution < 1.29 is 19.4 Å². The quantitative estimate of drug-likeness (QED) is 0.321. The van der Waals surface area contributed by atoms with Gasteiger partial charge in [-0.2, -0.15) is 5.26 Å². The molecule has 0 bridgehead atoms. The van der Waals surface area contributed by atoms with Crippen molar-refractivity contribution in [2.45, 2.75) is 90.3 Å². The third-order valence-corrected chi connectivity index (χ3v) is 8.55. The highest BCUT2D eigenvalue weighted by molar-refractivity contribution is 5.76. The number of carboxylic acids is 1. The molecule has 2 aliphatic rings. The zero-order chi connectivity index (χ0) is 29.5. The molecular formula is C32H45N5O4. The summed E-state index contributed by atoms with van der Waals surface area (Å²) >= 11 is 0. The Labute approximate surface area is 244 Å². The van der Waals surface area contributed by atoms with Crippen LogP contribution >= 0.6 is 0 Å². The van der Waals surface area contributed by atoms with Gasteiger partial charge in [-0.1, -0.05) is 6.07 Å². The van der Waals surface area contributed by atoms with Crippen LogP contribution in [-0.4, -0.2) is 65.1 Å². The molecule has 0 amide bonds. The van der Waals surface area contributed by atoms with E-state index in [-0.39, 0.29) is 6.04 Å². The van der Waals surface area contributed by atoms with Crippen LogP contribution in [0.4, 0.5) is 5.82 Å². The van der Waals surface area contributed by atoms with Gasteiger partial charge >= 0.3 is 5.97 Å². The fraction of sp³-hybridized carbons (Fsp3) is 0.625. The third kappa shape index (κ3) is 8.48. The zero-order valence-corrected chi connectivity index (χ0v) is 24.9. The highest BCUT2D eigenvalue weighted by Gasteiger charge is 2.33. The topological polar surface area (TPSA) is 129 Å². The maximum absolute atomic E-state index is 11.3. The van der Waals surface area contributed by atoms with Crippen LogP contribution in [0.25, 0.3) is 11.3 Å². The van der Waals surface area contributed by atoms with Crippen molar-refractivity contribution in [2.24, 2.45) is 11.3 Å². The first-order valence-electron chi connectivity index (χ1n) is 14.9. The van der Waals surface area contributed by atoms with E-state index in [9.17, 15) is 15.2 Å². The summed E-state index contributed by atoms with van der Waals surface area (Å²) < 4.78 is 11.1. The predicted molar refractivity (Wildman–Crippen MR) is 159 cm³/mol. The number of rotatable bonds is 12. The van der Waals surface area contributed by atoms with Crippen LogP contribution in [0.3, 0.4) is 0 Å². The molecule has 1 saturated heterocycles. The molecule has 9 nitrogen and oxygen atoms in total. The molecule has 41 heavy (non-hydrogen) atoms. The average molecular weight is 564 g/mol. The van der Waals surface area contributed by atoms with Gasteiger partial charge in [0.15, 0.2) is 5.60 Å². The molecule has 1 aliphatic carbocycles. The summed E-state index contributed by atoms with van der Waals surface area (Å²) in [5.41, 5.74) is 2.59. The van der Waals surface area contributed by atoms with Gasteiger partial charge in [0.1, 0.15) is 5.82 Å². The van der Waals surface area contributed by atoms with Gasteiger partial charge in [0.2, 0.25) is 0 Å². The van der Waals surface area contributed by atoms with Gasteiger partial charge in [-0.05, 0) is 102 Å². The smallest absolute Gasteiger partial charge is 0.335 e. The number of nitriles is 1. The summed E-state index contributed by atoms with van der Waals surface area (Å²) in [6.07, 6.45) is 8.78. The zero-order valence-electron chi connectivity index (χ0n) is 24.9. The van der Waals surface area contributed by atoms with Crippen molar-refractivity contribution >= 4 is 11.8 Å². The van der Waals surface area contributed by atoms with Crippen LogP contribution in [0, 0.1) is 29.6 Å². The number of carboxylic acid groups (broad SMARTS) is 1. The van der Waals surface area contributed by atoms with E-state index >= 15 is 0 Å². The number of hydrogen-bond acceptors (Lipinski definition) is 8. The van der Waals surface area contributed by atoms with E-state index in [0.29, 0.717) is 38.3 Å². The number of hydrogen-bond donors (Lipinski definition) is 3. The Morgan fingerprint density at radius 3 is 2.68 bits per heavy atom. The van der Waals surface area contributed by atoms with E-state index in [2.05, 4.69) is 29.7 Å².